The highest BCUT2D eigenvalue weighted by atomic mass is 16.5. The summed E-state index contributed by atoms with van der Waals surface area (Å²) in [6, 6.07) is 16.2. The fourth-order valence-corrected chi connectivity index (χ4v) is 4.49. The predicted molar refractivity (Wildman–Crippen MR) is 140 cm³/mol. The van der Waals surface area contributed by atoms with Gasteiger partial charge in [0.2, 0.25) is 0 Å². The number of esters is 1. The van der Waals surface area contributed by atoms with Gasteiger partial charge in [0, 0.05) is 17.1 Å². The highest BCUT2D eigenvalue weighted by Crippen LogP contribution is 2.38. The Morgan fingerprint density at radius 2 is 1.84 bits per heavy atom. The molecule has 2 heterocycles. The van der Waals surface area contributed by atoms with E-state index < -0.39 is 18.0 Å². The lowest BCUT2D eigenvalue weighted by molar-refractivity contribution is -0.123. The summed E-state index contributed by atoms with van der Waals surface area (Å²) in [6.45, 7) is 1.54. The zero-order valence-electron chi connectivity index (χ0n) is 20.7. The highest BCUT2D eigenvalue weighted by molar-refractivity contribution is 6.08. The molecule has 1 N–H and O–H groups in total. The Balaban J connectivity index is 1.42. The van der Waals surface area contributed by atoms with Crippen LogP contribution < -0.4 is 14.8 Å². The van der Waals surface area contributed by atoms with E-state index >= 15 is 0 Å². The molecule has 0 fully saturated rings. The number of nitrogens with one attached hydrogen (secondary N) is 1. The van der Waals surface area contributed by atoms with Crippen molar-refractivity contribution < 1.29 is 28.2 Å². The molecule has 0 saturated carbocycles. The van der Waals surface area contributed by atoms with Gasteiger partial charge in [-0.05, 0) is 67.3 Å². The van der Waals surface area contributed by atoms with Crippen molar-refractivity contribution in [3.8, 4) is 11.5 Å². The van der Waals surface area contributed by atoms with Gasteiger partial charge in [0.25, 0.3) is 5.91 Å². The van der Waals surface area contributed by atoms with E-state index in [1.807, 2.05) is 42.5 Å². The minimum absolute atomic E-state index is 0.439. The molecule has 0 spiro atoms. The van der Waals surface area contributed by atoms with Crippen LogP contribution in [0.15, 0.2) is 65.3 Å². The number of nitrogens with zero attached hydrogens (tertiary/aromatic N) is 1. The maximum absolute atomic E-state index is 13.5. The number of hydrogen-bond donors (Lipinski definition) is 1. The predicted octanol–water partition coefficient (Wildman–Crippen LogP) is 5.52. The van der Waals surface area contributed by atoms with Crippen LogP contribution in [0.1, 0.15) is 40.7 Å². The fraction of sp³-hybridized carbons (Fsp3) is 0.207. The number of rotatable bonds is 7. The van der Waals surface area contributed by atoms with Crippen molar-refractivity contribution in [1.29, 1.82) is 0 Å². The van der Waals surface area contributed by atoms with Crippen molar-refractivity contribution in [3.63, 3.8) is 0 Å². The van der Waals surface area contributed by atoms with Crippen LogP contribution in [0.5, 0.6) is 11.5 Å². The lowest BCUT2D eigenvalue weighted by Gasteiger charge is -2.17. The van der Waals surface area contributed by atoms with E-state index in [-0.39, 0.29) is 0 Å². The van der Waals surface area contributed by atoms with Crippen LogP contribution in [0.2, 0.25) is 0 Å². The first-order valence-corrected chi connectivity index (χ1v) is 11.9. The molecule has 188 valence electrons. The highest BCUT2D eigenvalue weighted by Gasteiger charge is 2.29. The molecule has 1 atom stereocenters. The molecule has 2 aromatic heterocycles. The Bertz CT molecular complexity index is 1510. The monoisotopic (exact) mass is 498 g/mol. The van der Waals surface area contributed by atoms with Gasteiger partial charge in [-0.1, -0.05) is 18.2 Å². The number of para-hydroxylation sites is 1. The zero-order valence-corrected chi connectivity index (χ0v) is 20.7. The number of fused-ring (bicyclic) bond motifs is 2. The average Bonchev–Trinajstić information content (AvgIpc) is 3.57. The summed E-state index contributed by atoms with van der Waals surface area (Å²) in [5.74, 6) is 0.710. The molecule has 1 unspecified atom stereocenters. The number of furan rings is 1. The second kappa shape index (κ2) is 10.2. The molecule has 0 aliphatic heterocycles. The van der Waals surface area contributed by atoms with Gasteiger partial charge in [0.15, 0.2) is 17.6 Å². The van der Waals surface area contributed by atoms with Crippen LogP contribution in [0.25, 0.3) is 22.6 Å². The number of methoxy groups -OCH3 is 2. The number of pyridine rings is 1. The standard InChI is InChI=1S/C29H26N2O6/c1-17(28(32)30-19-11-13-24(34-2)25(16-19)35-3)37-29(33)26-21-8-4-5-9-23(21)31-27-18(10-12-22(26)27)15-20-7-6-14-36-20/h4-9,11,13-17H,10,12H2,1-3H3,(H,30,32)/b18-15+. The Morgan fingerprint density at radius 3 is 2.59 bits per heavy atom. The van der Waals surface area contributed by atoms with E-state index in [2.05, 4.69) is 5.32 Å². The third-order valence-corrected chi connectivity index (χ3v) is 6.31. The zero-order chi connectivity index (χ0) is 25.9. The molecule has 1 amide bonds. The van der Waals surface area contributed by atoms with Crippen LogP contribution >= 0.6 is 0 Å². The summed E-state index contributed by atoms with van der Waals surface area (Å²) < 4.78 is 21.7. The van der Waals surface area contributed by atoms with E-state index in [1.165, 1.54) is 14.2 Å². The summed E-state index contributed by atoms with van der Waals surface area (Å²) in [7, 11) is 3.05. The first-order chi connectivity index (χ1) is 18.0. The van der Waals surface area contributed by atoms with E-state index in [9.17, 15) is 9.59 Å². The largest absolute Gasteiger partial charge is 0.493 e. The molecule has 8 nitrogen and oxygen atoms in total. The van der Waals surface area contributed by atoms with Gasteiger partial charge < -0.3 is 23.9 Å². The lowest BCUT2D eigenvalue weighted by atomic mass is 10.0. The number of benzene rings is 2. The Kier molecular flexibility index (Phi) is 6.64. The molecule has 0 saturated heterocycles. The van der Waals surface area contributed by atoms with Gasteiger partial charge in [0.05, 0.1) is 37.3 Å². The molecule has 2 aromatic carbocycles. The minimum Gasteiger partial charge on any atom is -0.493 e. The smallest absolute Gasteiger partial charge is 0.339 e. The second-order valence-corrected chi connectivity index (χ2v) is 8.62. The van der Waals surface area contributed by atoms with Crippen molar-refractivity contribution in [2.45, 2.75) is 25.9 Å². The minimum atomic E-state index is -1.04. The Labute approximate surface area is 213 Å². The summed E-state index contributed by atoms with van der Waals surface area (Å²) in [5.41, 5.74) is 4.17. The van der Waals surface area contributed by atoms with Crippen LogP contribution in [0, 0.1) is 0 Å². The number of ether oxygens (including phenoxy) is 3. The van der Waals surface area contributed by atoms with Gasteiger partial charge >= 0.3 is 5.97 Å². The number of aromatic nitrogens is 1. The maximum Gasteiger partial charge on any atom is 0.339 e. The number of hydrogen-bond acceptors (Lipinski definition) is 7. The first-order valence-electron chi connectivity index (χ1n) is 11.9. The van der Waals surface area contributed by atoms with E-state index in [4.69, 9.17) is 23.6 Å². The van der Waals surface area contributed by atoms with Crippen LogP contribution in [-0.4, -0.2) is 37.2 Å². The molecule has 8 heteroatoms. The SMILES string of the molecule is COc1ccc(NC(=O)C(C)OC(=O)c2c3c(nc4ccccc24)/C(=C/c2ccco2)CC3)cc1OC. The Hall–Kier alpha value is -4.59. The summed E-state index contributed by atoms with van der Waals surface area (Å²) in [6.07, 6.45) is 3.88. The molecule has 1 aliphatic carbocycles. The van der Waals surface area contributed by atoms with Crippen molar-refractivity contribution in [3.05, 3.63) is 83.4 Å². The molecular weight excluding hydrogens is 472 g/mol. The van der Waals surface area contributed by atoms with Crippen molar-refractivity contribution >= 4 is 40.1 Å². The normalized spacial score (nSPS) is 14.3. The van der Waals surface area contributed by atoms with Crippen LogP contribution in [0.3, 0.4) is 0 Å². The Morgan fingerprint density at radius 1 is 1.03 bits per heavy atom. The number of anilines is 1. The first kappa shape index (κ1) is 24.1. The van der Waals surface area contributed by atoms with Gasteiger partial charge in [-0.15, -0.1) is 0 Å². The number of carbonyl (C=O) groups excluding carboxylic acids is 2. The van der Waals surface area contributed by atoms with E-state index in [0.29, 0.717) is 40.1 Å². The molecular formula is C29H26N2O6. The van der Waals surface area contributed by atoms with Crippen molar-refractivity contribution in [1.82, 2.24) is 4.98 Å². The molecule has 37 heavy (non-hydrogen) atoms. The fourth-order valence-electron chi connectivity index (χ4n) is 4.49. The average molecular weight is 499 g/mol. The van der Waals surface area contributed by atoms with Crippen LogP contribution in [-0.2, 0) is 16.0 Å². The molecule has 4 aromatic rings. The van der Waals surface area contributed by atoms with Crippen LogP contribution in [0.4, 0.5) is 5.69 Å². The topological polar surface area (TPSA) is 99.9 Å². The second-order valence-electron chi connectivity index (χ2n) is 8.62. The summed E-state index contributed by atoms with van der Waals surface area (Å²) in [4.78, 5) is 31.2. The van der Waals surface area contributed by atoms with Gasteiger partial charge in [0.1, 0.15) is 5.76 Å². The van der Waals surface area contributed by atoms with Gasteiger partial charge in [-0.25, -0.2) is 9.78 Å². The maximum atomic E-state index is 13.5. The molecule has 5 rings (SSSR count). The third kappa shape index (κ3) is 4.78. The van der Waals surface area contributed by atoms with Crippen molar-refractivity contribution in [2.24, 2.45) is 0 Å². The van der Waals surface area contributed by atoms with Gasteiger partial charge in [-0.3, -0.25) is 4.79 Å². The molecule has 0 bridgehead atoms. The number of allylic oxidation sites excluding steroid dienone is 1. The van der Waals surface area contributed by atoms with Crippen molar-refractivity contribution in [2.75, 3.05) is 19.5 Å². The number of carbonyl (C=O) groups is 2. The molecule has 1 aliphatic rings. The molecule has 0 radical (unpaired) electrons. The quantitative estimate of drug-likeness (QED) is 0.335. The number of amides is 1. The van der Waals surface area contributed by atoms with E-state index in [0.717, 1.165) is 29.0 Å². The summed E-state index contributed by atoms with van der Waals surface area (Å²) >= 11 is 0. The lowest BCUT2D eigenvalue weighted by Crippen LogP contribution is -2.30. The summed E-state index contributed by atoms with van der Waals surface area (Å²) in [5, 5.41) is 3.45. The van der Waals surface area contributed by atoms with Gasteiger partial charge in [-0.2, -0.15) is 0 Å². The van der Waals surface area contributed by atoms with E-state index in [1.54, 1.807) is 31.4 Å². The third-order valence-electron chi connectivity index (χ3n) is 6.31.